The van der Waals surface area contributed by atoms with Crippen molar-refractivity contribution in [2.75, 3.05) is 0 Å². The second-order valence-electron chi connectivity index (χ2n) is 8.09. The van der Waals surface area contributed by atoms with Crippen LogP contribution < -0.4 is 0 Å². The minimum absolute atomic E-state index is 0.259. The van der Waals surface area contributed by atoms with Crippen molar-refractivity contribution in [1.82, 2.24) is 20.4 Å². The van der Waals surface area contributed by atoms with Gasteiger partial charge >= 0.3 is 0 Å². The number of unbranched alkanes of at least 4 members (excludes halogenated alkanes) is 1. The highest BCUT2D eigenvalue weighted by Gasteiger charge is 2.26. The largest absolute Gasteiger partial charge is 0.207 e. The normalized spacial score (nSPS) is 15.2. The third-order valence-electron chi connectivity index (χ3n) is 5.26. The fraction of sp³-hybridized carbons (Fsp3) is 0.600. The Balaban J connectivity index is 1.52. The number of hydrogen-bond donors (Lipinski definition) is 0. The van der Waals surface area contributed by atoms with Crippen molar-refractivity contribution in [3.8, 4) is 11.4 Å². The van der Waals surface area contributed by atoms with Crippen LogP contribution in [0.1, 0.15) is 64.4 Å². The van der Waals surface area contributed by atoms with Crippen LogP contribution in [-0.2, 0) is 6.42 Å². The van der Waals surface area contributed by atoms with E-state index in [1.165, 1.54) is 50.9 Å². The molecule has 2 aromatic rings. The maximum Gasteiger partial charge on any atom is 0.203 e. The molecule has 0 atom stereocenters. The summed E-state index contributed by atoms with van der Waals surface area (Å²) in [6.45, 7) is 4.77. The van der Waals surface area contributed by atoms with Gasteiger partial charge in [0.1, 0.15) is 5.82 Å². The van der Waals surface area contributed by atoms with Crippen molar-refractivity contribution in [2.45, 2.75) is 65.2 Å². The van der Waals surface area contributed by atoms with Gasteiger partial charge in [0.25, 0.3) is 0 Å². The van der Waals surface area contributed by atoms with Gasteiger partial charge in [-0.3, -0.25) is 0 Å². The van der Waals surface area contributed by atoms with E-state index in [-0.39, 0.29) is 5.82 Å². The topological polar surface area (TPSA) is 51.6 Å². The number of benzene rings is 1. The fourth-order valence-corrected chi connectivity index (χ4v) is 3.76. The summed E-state index contributed by atoms with van der Waals surface area (Å²) >= 11 is 0. The van der Waals surface area contributed by atoms with Crippen molar-refractivity contribution in [1.29, 1.82) is 0 Å². The van der Waals surface area contributed by atoms with Gasteiger partial charge in [0.2, 0.25) is 5.82 Å². The molecule has 1 aliphatic carbocycles. The minimum atomic E-state index is -0.259. The van der Waals surface area contributed by atoms with Crippen molar-refractivity contribution in [3.05, 3.63) is 35.9 Å². The number of nitrogens with zero attached hydrogens (tertiary/aromatic N) is 4. The van der Waals surface area contributed by atoms with Crippen LogP contribution >= 0.6 is 0 Å². The second kappa shape index (κ2) is 7.98. The second-order valence-corrected chi connectivity index (χ2v) is 8.09. The van der Waals surface area contributed by atoms with Gasteiger partial charge in [-0.1, -0.05) is 39.5 Å². The molecule has 0 aliphatic heterocycles. The third kappa shape index (κ3) is 5.28. The number of aryl methyl sites for hydroxylation is 1. The lowest BCUT2D eigenvalue weighted by Crippen LogP contribution is -2.21. The van der Waals surface area contributed by atoms with Gasteiger partial charge in [0.05, 0.1) is 0 Å². The smallest absolute Gasteiger partial charge is 0.203 e. The van der Waals surface area contributed by atoms with Gasteiger partial charge in [-0.05, 0) is 60.8 Å². The molecule has 1 fully saturated rings. The van der Waals surface area contributed by atoms with E-state index in [9.17, 15) is 4.39 Å². The number of halogens is 1. The molecule has 1 aromatic carbocycles. The van der Waals surface area contributed by atoms with Crippen LogP contribution in [0.15, 0.2) is 24.5 Å². The monoisotopic (exact) mass is 342 g/mol. The highest BCUT2D eigenvalue weighted by molar-refractivity contribution is 5.55. The van der Waals surface area contributed by atoms with Crippen LogP contribution in [0.2, 0.25) is 0 Å². The number of rotatable bonds is 8. The molecule has 0 radical (unpaired) electrons. The molecule has 0 N–H and O–H groups in total. The van der Waals surface area contributed by atoms with Gasteiger partial charge in [-0.25, -0.2) is 4.39 Å². The van der Waals surface area contributed by atoms with Crippen molar-refractivity contribution in [2.24, 2.45) is 11.3 Å². The molecule has 25 heavy (non-hydrogen) atoms. The van der Waals surface area contributed by atoms with Gasteiger partial charge in [-0.15, -0.1) is 20.4 Å². The zero-order valence-electron chi connectivity index (χ0n) is 15.2. The van der Waals surface area contributed by atoms with Gasteiger partial charge in [0.15, 0.2) is 6.33 Å². The zero-order chi connectivity index (χ0) is 17.7. The first-order chi connectivity index (χ1) is 12.0. The quantitative estimate of drug-likeness (QED) is 0.633. The summed E-state index contributed by atoms with van der Waals surface area (Å²) in [6.07, 6.45) is 11.2. The van der Waals surface area contributed by atoms with Crippen LogP contribution in [0, 0.1) is 17.2 Å². The molecule has 1 aliphatic rings. The first kappa shape index (κ1) is 17.9. The molecule has 0 amide bonds. The minimum Gasteiger partial charge on any atom is -0.207 e. The predicted molar refractivity (Wildman–Crippen MR) is 96.3 cm³/mol. The molecule has 0 saturated heterocycles. The van der Waals surface area contributed by atoms with Crippen LogP contribution in [-0.4, -0.2) is 20.4 Å². The van der Waals surface area contributed by atoms with E-state index in [4.69, 9.17) is 0 Å². The summed E-state index contributed by atoms with van der Waals surface area (Å²) in [5, 5.41) is 15.2. The Hall–Kier alpha value is -1.91. The molecule has 0 spiro atoms. The van der Waals surface area contributed by atoms with Crippen LogP contribution in [0.25, 0.3) is 11.4 Å². The lowest BCUT2D eigenvalue weighted by Gasteiger charge is -2.34. The van der Waals surface area contributed by atoms with Crippen LogP contribution in [0.4, 0.5) is 4.39 Å². The molecule has 134 valence electrons. The summed E-state index contributed by atoms with van der Waals surface area (Å²) in [6, 6.07) is 4.98. The highest BCUT2D eigenvalue weighted by Crippen LogP contribution is 2.39. The Bertz CT molecular complexity index is 683. The standard InChI is InChI=1S/C20H27FN4/c1-20(2,13-15-7-5-8-15)9-4-3-6-16-10-17(12-18(21)11-16)19-24-22-14-23-25-19/h10-12,14-15H,3-9,13H2,1-2H3. The highest BCUT2D eigenvalue weighted by atomic mass is 19.1. The van der Waals surface area contributed by atoms with Crippen LogP contribution in [0.5, 0.6) is 0 Å². The molecule has 1 aromatic heterocycles. The maximum absolute atomic E-state index is 13.9. The van der Waals surface area contributed by atoms with Crippen molar-refractivity contribution >= 4 is 0 Å². The SMILES string of the molecule is CC(C)(CCCCc1cc(F)cc(-c2nncnn2)c1)CC1CCC1. The predicted octanol–water partition coefficient (Wildman–Crippen LogP) is 5.00. The Labute approximate surface area is 149 Å². The molecule has 5 heteroatoms. The van der Waals surface area contributed by atoms with E-state index >= 15 is 0 Å². The summed E-state index contributed by atoms with van der Waals surface area (Å²) < 4.78 is 13.9. The molecular formula is C20H27FN4. The van der Waals surface area contributed by atoms with Crippen LogP contribution in [0.3, 0.4) is 0 Å². The lowest BCUT2D eigenvalue weighted by molar-refractivity contribution is 0.178. The van der Waals surface area contributed by atoms with E-state index in [0.29, 0.717) is 16.8 Å². The number of aromatic nitrogens is 4. The third-order valence-corrected chi connectivity index (χ3v) is 5.26. The Morgan fingerprint density at radius 2 is 1.84 bits per heavy atom. The van der Waals surface area contributed by atoms with E-state index in [0.717, 1.165) is 24.3 Å². The maximum atomic E-state index is 13.9. The molecule has 1 heterocycles. The molecule has 0 unspecified atom stereocenters. The fourth-order valence-electron chi connectivity index (χ4n) is 3.76. The Kier molecular flexibility index (Phi) is 5.71. The molecule has 1 saturated carbocycles. The first-order valence-corrected chi connectivity index (χ1v) is 9.32. The average Bonchev–Trinajstić information content (AvgIpc) is 2.56. The molecule has 4 nitrogen and oxygen atoms in total. The number of hydrogen-bond acceptors (Lipinski definition) is 4. The molecular weight excluding hydrogens is 315 g/mol. The zero-order valence-corrected chi connectivity index (χ0v) is 15.2. The summed E-state index contributed by atoms with van der Waals surface area (Å²) in [5.41, 5.74) is 2.05. The lowest BCUT2D eigenvalue weighted by atomic mass is 9.71. The summed E-state index contributed by atoms with van der Waals surface area (Å²) in [4.78, 5) is 0. The van der Waals surface area contributed by atoms with E-state index in [2.05, 4.69) is 34.2 Å². The van der Waals surface area contributed by atoms with Gasteiger partial charge in [0, 0.05) is 5.56 Å². The Morgan fingerprint density at radius 3 is 2.52 bits per heavy atom. The first-order valence-electron chi connectivity index (χ1n) is 9.32. The van der Waals surface area contributed by atoms with E-state index in [1.54, 1.807) is 6.07 Å². The van der Waals surface area contributed by atoms with Gasteiger partial charge < -0.3 is 0 Å². The molecule has 3 rings (SSSR count). The Morgan fingerprint density at radius 1 is 1.08 bits per heavy atom. The molecule has 0 bridgehead atoms. The van der Waals surface area contributed by atoms with Crippen molar-refractivity contribution < 1.29 is 4.39 Å². The van der Waals surface area contributed by atoms with E-state index in [1.807, 2.05) is 6.07 Å². The van der Waals surface area contributed by atoms with Crippen molar-refractivity contribution in [3.63, 3.8) is 0 Å². The summed E-state index contributed by atoms with van der Waals surface area (Å²) in [7, 11) is 0. The van der Waals surface area contributed by atoms with E-state index < -0.39 is 0 Å². The van der Waals surface area contributed by atoms with Gasteiger partial charge in [-0.2, -0.15) is 0 Å². The average molecular weight is 342 g/mol. The summed E-state index contributed by atoms with van der Waals surface area (Å²) in [5.74, 6) is 1.06.